The van der Waals surface area contributed by atoms with Crippen molar-refractivity contribution >= 4 is 5.82 Å². The lowest BCUT2D eigenvalue weighted by Crippen LogP contribution is -2.43. The molecule has 0 aromatic carbocycles. The number of aromatic nitrogens is 1. The molecule has 0 fully saturated rings. The van der Waals surface area contributed by atoms with Gasteiger partial charge in [0.2, 0.25) is 0 Å². The summed E-state index contributed by atoms with van der Waals surface area (Å²) >= 11 is 0. The highest BCUT2D eigenvalue weighted by Gasteiger charge is 2.13. The van der Waals surface area contributed by atoms with Crippen LogP contribution in [0.3, 0.4) is 0 Å². The van der Waals surface area contributed by atoms with E-state index in [-0.39, 0.29) is 5.54 Å². The zero-order valence-electron chi connectivity index (χ0n) is 11.7. The Balaban J connectivity index is 2.57. The first-order chi connectivity index (χ1) is 7.90. The number of hydrogen-bond acceptors (Lipinski definition) is 3. The average molecular weight is 235 g/mol. The maximum absolute atomic E-state index is 4.41. The van der Waals surface area contributed by atoms with E-state index >= 15 is 0 Å². The van der Waals surface area contributed by atoms with Crippen LogP contribution in [0.15, 0.2) is 24.4 Å². The van der Waals surface area contributed by atoms with Gasteiger partial charge in [-0.15, -0.1) is 0 Å². The first-order valence-electron chi connectivity index (χ1n) is 6.33. The number of nitrogens with one attached hydrogen (secondary N) is 1. The smallest absolute Gasteiger partial charge is 0.128 e. The summed E-state index contributed by atoms with van der Waals surface area (Å²) in [6.07, 6.45) is 1.85. The van der Waals surface area contributed by atoms with Crippen LogP contribution in [0.2, 0.25) is 0 Å². The van der Waals surface area contributed by atoms with Gasteiger partial charge < -0.3 is 10.2 Å². The Morgan fingerprint density at radius 1 is 1.29 bits per heavy atom. The van der Waals surface area contributed by atoms with E-state index in [1.165, 1.54) is 0 Å². The number of anilines is 1. The molecule has 3 nitrogen and oxygen atoms in total. The molecular formula is C14H25N3. The second-order valence-corrected chi connectivity index (χ2v) is 5.65. The van der Waals surface area contributed by atoms with Crippen molar-refractivity contribution < 1.29 is 0 Å². The highest BCUT2D eigenvalue weighted by Crippen LogP contribution is 2.12. The molecule has 0 spiro atoms. The highest BCUT2D eigenvalue weighted by molar-refractivity contribution is 5.38. The van der Waals surface area contributed by atoms with Gasteiger partial charge in [0.05, 0.1) is 0 Å². The molecule has 1 heterocycles. The quantitative estimate of drug-likeness (QED) is 0.850. The van der Waals surface area contributed by atoms with Crippen molar-refractivity contribution in [2.45, 2.75) is 46.2 Å². The summed E-state index contributed by atoms with van der Waals surface area (Å²) in [6, 6.07) is 6.52. The standard InChI is InChI=1S/C14H25N3/c1-12(2)17(11-10-16-14(3,4)5)13-8-6-7-9-15-13/h6-9,12,16H,10-11H2,1-5H3. The SMILES string of the molecule is CC(C)N(CCNC(C)(C)C)c1ccccn1. The van der Waals surface area contributed by atoms with Gasteiger partial charge in [0.15, 0.2) is 0 Å². The van der Waals surface area contributed by atoms with Gasteiger partial charge in [0.25, 0.3) is 0 Å². The molecule has 0 saturated carbocycles. The van der Waals surface area contributed by atoms with E-state index < -0.39 is 0 Å². The zero-order valence-corrected chi connectivity index (χ0v) is 11.7. The fourth-order valence-corrected chi connectivity index (χ4v) is 1.71. The van der Waals surface area contributed by atoms with Crippen LogP contribution < -0.4 is 10.2 Å². The Morgan fingerprint density at radius 3 is 2.47 bits per heavy atom. The lowest BCUT2D eigenvalue weighted by atomic mass is 10.1. The summed E-state index contributed by atoms with van der Waals surface area (Å²) in [5.74, 6) is 1.05. The largest absolute Gasteiger partial charge is 0.353 e. The number of hydrogen-bond donors (Lipinski definition) is 1. The highest BCUT2D eigenvalue weighted by atomic mass is 15.2. The molecule has 96 valence electrons. The minimum Gasteiger partial charge on any atom is -0.353 e. The van der Waals surface area contributed by atoms with Gasteiger partial charge >= 0.3 is 0 Å². The minimum atomic E-state index is 0.173. The van der Waals surface area contributed by atoms with Gasteiger partial charge in [0, 0.05) is 30.9 Å². The normalized spacial score (nSPS) is 11.9. The van der Waals surface area contributed by atoms with Gasteiger partial charge in [-0.25, -0.2) is 4.98 Å². The minimum absolute atomic E-state index is 0.173. The molecule has 0 amide bonds. The van der Waals surface area contributed by atoms with Crippen molar-refractivity contribution in [1.29, 1.82) is 0 Å². The molecule has 0 aliphatic heterocycles. The molecule has 17 heavy (non-hydrogen) atoms. The Kier molecular flexibility index (Phi) is 4.94. The molecular weight excluding hydrogens is 210 g/mol. The van der Waals surface area contributed by atoms with Crippen molar-refractivity contribution in [3.05, 3.63) is 24.4 Å². The fraction of sp³-hybridized carbons (Fsp3) is 0.643. The number of nitrogens with zero attached hydrogens (tertiary/aromatic N) is 2. The summed E-state index contributed by atoms with van der Waals surface area (Å²) in [5.41, 5.74) is 0.173. The van der Waals surface area contributed by atoms with E-state index in [2.05, 4.69) is 55.9 Å². The topological polar surface area (TPSA) is 28.2 Å². The third kappa shape index (κ3) is 5.18. The van der Waals surface area contributed by atoms with E-state index in [1.807, 2.05) is 18.3 Å². The summed E-state index contributed by atoms with van der Waals surface area (Å²) in [5, 5.41) is 3.51. The van der Waals surface area contributed by atoms with Crippen LogP contribution in [0.4, 0.5) is 5.82 Å². The second-order valence-electron chi connectivity index (χ2n) is 5.65. The lowest BCUT2D eigenvalue weighted by molar-refractivity contribution is 0.425. The predicted molar refractivity (Wildman–Crippen MR) is 74.5 cm³/mol. The molecule has 0 radical (unpaired) electrons. The number of pyridine rings is 1. The van der Waals surface area contributed by atoms with Crippen LogP contribution in [-0.4, -0.2) is 29.7 Å². The van der Waals surface area contributed by atoms with Crippen molar-refractivity contribution in [3.63, 3.8) is 0 Å². The van der Waals surface area contributed by atoms with Crippen LogP contribution in [0, 0.1) is 0 Å². The Labute approximate surface area is 105 Å². The Bertz CT molecular complexity index is 314. The van der Waals surface area contributed by atoms with Crippen molar-refractivity contribution in [2.24, 2.45) is 0 Å². The molecule has 1 N–H and O–H groups in total. The molecule has 1 aromatic heterocycles. The molecule has 1 aromatic rings. The van der Waals surface area contributed by atoms with Crippen molar-refractivity contribution in [1.82, 2.24) is 10.3 Å². The van der Waals surface area contributed by atoms with Crippen LogP contribution in [-0.2, 0) is 0 Å². The van der Waals surface area contributed by atoms with Gasteiger partial charge in [-0.3, -0.25) is 0 Å². The summed E-state index contributed by atoms with van der Waals surface area (Å²) in [6.45, 7) is 12.9. The van der Waals surface area contributed by atoms with Crippen LogP contribution in [0.25, 0.3) is 0 Å². The van der Waals surface area contributed by atoms with Crippen molar-refractivity contribution in [3.8, 4) is 0 Å². The molecule has 0 atom stereocenters. The molecule has 0 aliphatic carbocycles. The molecule has 1 rings (SSSR count). The summed E-state index contributed by atoms with van der Waals surface area (Å²) in [7, 11) is 0. The van der Waals surface area contributed by atoms with Crippen molar-refractivity contribution in [2.75, 3.05) is 18.0 Å². The first-order valence-corrected chi connectivity index (χ1v) is 6.33. The molecule has 3 heteroatoms. The van der Waals surface area contributed by atoms with E-state index in [1.54, 1.807) is 0 Å². The third-order valence-corrected chi connectivity index (χ3v) is 2.57. The maximum Gasteiger partial charge on any atom is 0.128 e. The van der Waals surface area contributed by atoms with Crippen LogP contribution in [0.1, 0.15) is 34.6 Å². The zero-order chi connectivity index (χ0) is 12.9. The van der Waals surface area contributed by atoms with Crippen LogP contribution in [0.5, 0.6) is 0 Å². The van der Waals surface area contributed by atoms with Gasteiger partial charge in [-0.05, 0) is 46.8 Å². The predicted octanol–water partition coefficient (Wildman–Crippen LogP) is 2.68. The molecule has 0 aliphatic rings. The Morgan fingerprint density at radius 2 is 2.00 bits per heavy atom. The molecule has 0 saturated heterocycles. The molecule has 0 unspecified atom stereocenters. The van der Waals surface area contributed by atoms with Gasteiger partial charge in [-0.2, -0.15) is 0 Å². The van der Waals surface area contributed by atoms with E-state index in [4.69, 9.17) is 0 Å². The average Bonchev–Trinajstić information content (AvgIpc) is 2.23. The van der Waals surface area contributed by atoms with E-state index in [0.717, 1.165) is 18.9 Å². The Hall–Kier alpha value is -1.09. The monoisotopic (exact) mass is 235 g/mol. The van der Waals surface area contributed by atoms with Crippen LogP contribution >= 0.6 is 0 Å². The van der Waals surface area contributed by atoms with E-state index in [0.29, 0.717) is 6.04 Å². The van der Waals surface area contributed by atoms with Gasteiger partial charge in [-0.1, -0.05) is 6.07 Å². The van der Waals surface area contributed by atoms with Gasteiger partial charge in [0.1, 0.15) is 5.82 Å². The second kappa shape index (κ2) is 6.01. The maximum atomic E-state index is 4.41. The first kappa shape index (κ1) is 14.0. The van der Waals surface area contributed by atoms with E-state index in [9.17, 15) is 0 Å². The summed E-state index contributed by atoms with van der Waals surface area (Å²) < 4.78 is 0. The lowest BCUT2D eigenvalue weighted by Gasteiger charge is -2.30. The fourth-order valence-electron chi connectivity index (χ4n) is 1.71. The molecule has 0 bridgehead atoms. The number of rotatable bonds is 5. The summed E-state index contributed by atoms with van der Waals surface area (Å²) in [4.78, 5) is 6.73. The third-order valence-electron chi connectivity index (χ3n) is 2.57.